The van der Waals surface area contributed by atoms with Crippen LogP contribution in [0.3, 0.4) is 0 Å². The van der Waals surface area contributed by atoms with Crippen molar-refractivity contribution >= 4 is 22.7 Å². The number of carbonyl (C=O) groups excluding carboxylic acids is 2. The number of benzene rings is 1. The first-order valence-electron chi connectivity index (χ1n) is 9.60. The number of amides is 2. The zero-order valence-corrected chi connectivity index (χ0v) is 16.2. The quantitative estimate of drug-likeness (QED) is 0.806. The van der Waals surface area contributed by atoms with Crippen LogP contribution in [0.4, 0.5) is 0 Å². The second kappa shape index (κ2) is 7.01. The smallest absolute Gasteiger partial charge is 0.287 e. The number of nitrogens with zero attached hydrogens (tertiary/aromatic N) is 3. The van der Waals surface area contributed by atoms with Gasteiger partial charge in [-0.15, -0.1) is 0 Å². The molecule has 8 heteroatoms. The molecule has 0 radical (unpaired) electrons. The number of likely N-dealkylation sites (tertiary alicyclic amines) is 1. The van der Waals surface area contributed by atoms with Crippen molar-refractivity contribution in [1.82, 2.24) is 25.1 Å². The van der Waals surface area contributed by atoms with E-state index in [-0.39, 0.29) is 34.7 Å². The van der Waals surface area contributed by atoms with E-state index in [2.05, 4.69) is 15.3 Å². The van der Waals surface area contributed by atoms with Gasteiger partial charge in [0.15, 0.2) is 5.82 Å². The van der Waals surface area contributed by atoms with Gasteiger partial charge in [-0.25, -0.2) is 4.98 Å². The Hall–Kier alpha value is -2.74. The maximum atomic E-state index is 12.6. The Kier molecular flexibility index (Phi) is 4.66. The summed E-state index contributed by atoms with van der Waals surface area (Å²) < 4.78 is 0. The molecule has 1 aromatic heterocycles. The molecular formula is C20H25N5O3. The lowest BCUT2D eigenvalue weighted by molar-refractivity contribution is -0.133. The van der Waals surface area contributed by atoms with Gasteiger partial charge in [0.2, 0.25) is 5.91 Å². The molecule has 1 spiro atoms. The number of para-hydroxylation sites is 1. The van der Waals surface area contributed by atoms with Crippen LogP contribution < -0.4 is 10.9 Å². The van der Waals surface area contributed by atoms with Crippen LogP contribution in [0.15, 0.2) is 29.1 Å². The van der Waals surface area contributed by atoms with Crippen LogP contribution in [0.1, 0.15) is 29.9 Å². The van der Waals surface area contributed by atoms with E-state index in [1.54, 1.807) is 24.3 Å². The molecule has 8 nitrogen and oxygen atoms in total. The number of likely N-dealkylation sites (N-methyl/N-ethyl adjacent to an activating group) is 1. The Morgan fingerprint density at radius 2 is 2.00 bits per heavy atom. The number of aromatic amines is 1. The number of nitrogens with one attached hydrogen (secondary N) is 2. The van der Waals surface area contributed by atoms with E-state index < -0.39 is 0 Å². The molecule has 1 saturated heterocycles. The summed E-state index contributed by atoms with van der Waals surface area (Å²) in [4.78, 5) is 47.6. The standard InChI is InChI=1S/C20H25N5O3/c1-24(2)12-16(26)25-9-7-20(8-10-25)11-15(20)22-19(28)17-21-14-6-4-3-5-13(14)18(27)23-17/h3-6,15H,7-12H2,1-2H3,(H,22,28)(H,21,23,27). The lowest BCUT2D eigenvalue weighted by Gasteiger charge is -2.33. The van der Waals surface area contributed by atoms with Crippen molar-refractivity contribution in [1.29, 1.82) is 0 Å². The minimum atomic E-state index is -0.351. The fourth-order valence-corrected chi connectivity index (χ4v) is 4.10. The zero-order chi connectivity index (χ0) is 19.9. The van der Waals surface area contributed by atoms with Gasteiger partial charge in [0, 0.05) is 19.1 Å². The molecule has 2 aliphatic rings. The first kappa shape index (κ1) is 18.6. The molecule has 28 heavy (non-hydrogen) atoms. The van der Waals surface area contributed by atoms with E-state index in [0.29, 0.717) is 17.4 Å². The third-order valence-corrected chi connectivity index (χ3v) is 5.89. The summed E-state index contributed by atoms with van der Waals surface area (Å²) in [6.45, 7) is 1.88. The Bertz CT molecular complexity index is 975. The second-order valence-corrected chi connectivity index (χ2v) is 8.14. The molecule has 1 aromatic carbocycles. The van der Waals surface area contributed by atoms with Gasteiger partial charge in [-0.2, -0.15) is 0 Å². The van der Waals surface area contributed by atoms with Gasteiger partial charge in [0.05, 0.1) is 17.4 Å². The summed E-state index contributed by atoms with van der Waals surface area (Å²) in [6.07, 6.45) is 2.68. The second-order valence-electron chi connectivity index (χ2n) is 8.14. The summed E-state index contributed by atoms with van der Waals surface area (Å²) >= 11 is 0. The Morgan fingerprint density at radius 1 is 1.29 bits per heavy atom. The minimum Gasteiger partial charge on any atom is -0.346 e. The van der Waals surface area contributed by atoms with E-state index >= 15 is 0 Å². The van der Waals surface area contributed by atoms with Gasteiger partial charge in [-0.1, -0.05) is 12.1 Å². The Labute approximate surface area is 162 Å². The number of fused-ring (bicyclic) bond motifs is 1. The van der Waals surface area contributed by atoms with Crippen LogP contribution >= 0.6 is 0 Å². The van der Waals surface area contributed by atoms with Gasteiger partial charge < -0.3 is 20.1 Å². The first-order chi connectivity index (χ1) is 13.4. The predicted molar refractivity (Wildman–Crippen MR) is 105 cm³/mol. The lowest BCUT2D eigenvalue weighted by Crippen LogP contribution is -2.44. The highest BCUT2D eigenvalue weighted by molar-refractivity contribution is 5.93. The van der Waals surface area contributed by atoms with Gasteiger partial charge in [-0.05, 0) is 50.9 Å². The van der Waals surface area contributed by atoms with Crippen molar-refractivity contribution in [2.45, 2.75) is 25.3 Å². The topological polar surface area (TPSA) is 98.4 Å². The first-order valence-corrected chi connectivity index (χ1v) is 9.60. The van der Waals surface area contributed by atoms with E-state index in [1.807, 2.05) is 23.9 Å². The van der Waals surface area contributed by atoms with Crippen molar-refractivity contribution in [3.05, 3.63) is 40.4 Å². The molecule has 1 unspecified atom stereocenters. The van der Waals surface area contributed by atoms with Crippen LogP contribution in [0, 0.1) is 5.41 Å². The van der Waals surface area contributed by atoms with Crippen LogP contribution in [-0.2, 0) is 4.79 Å². The van der Waals surface area contributed by atoms with Crippen LogP contribution in [0.25, 0.3) is 10.9 Å². The predicted octanol–water partition coefficient (Wildman–Crippen LogP) is 0.596. The Morgan fingerprint density at radius 3 is 2.71 bits per heavy atom. The average Bonchev–Trinajstić information content (AvgIpc) is 3.32. The number of aromatic nitrogens is 2. The third-order valence-electron chi connectivity index (χ3n) is 5.89. The molecule has 148 valence electrons. The van der Waals surface area contributed by atoms with Crippen molar-refractivity contribution in [3.63, 3.8) is 0 Å². The molecule has 2 amide bonds. The molecule has 2 heterocycles. The summed E-state index contributed by atoms with van der Waals surface area (Å²) in [7, 11) is 3.78. The van der Waals surface area contributed by atoms with Crippen molar-refractivity contribution in [3.8, 4) is 0 Å². The van der Waals surface area contributed by atoms with Crippen LogP contribution in [0.5, 0.6) is 0 Å². The maximum absolute atomic E-state index is 12.6. The highest BCUT2D eigenvalue weighted by Gasteiger charge is 2.56. The van der Waals surface area contributed by atoms with E-state index in [4.69, 9.17) is 0 Å². The minimum absolute atomic E-state index is 0.0457. The monoisotopic (exact) mass is 383 g/mol. The molecular weight excluding hydrogens is 358 g/mol. The number of carbonyl (C=O) groups is 2. The average molecular weight is 383 g/mol. The van der Waals surface area contributed by atoms with E-state index in [9.17, 15) is 14.4 Å². The number of hydrogen-bond acceptors (Lipinski definition) is 5. The third kappa shape index (κ3) is 3.52. The Balaban J connectivity index is 1.38. The van der Waals surface area contributed by atoms with Gasteiger partial charge >= 0.3 is 0 Å². The van der Waals surface area contributed by atoms with Gasteiger partial charge in [0.1, 0.15) is 0 Å². The SMILES string of the molecule is CN(C)CC(=O)N1CCC2(CC1)CC2NC(=O)c1nc2ccccc2c(=O)[nH]1. The highest BCUT2D eigenvalue weighted by Crippen LogP contribution is 2.53. The summed E-state index contributed by atoms with van der Waals surface area (Å²) in [5.74, 6) is -0.154. The zero-order valence-electron chi connectivity index (χ0n) is 16.2. The molecule has 1 atom stereocenters. The van der Waals surface area contributed by atoms with Crippen LogP contribution in [-0.4, -0.2) is 71.4 Å². The van der Waals surface area contributed by atoms with E-state index in [0.717, 1.165) is 32.4 Å². The number of hydrogen-bond donors (Lipinski definition) is 2. The summed E-state index contributed by atoms with van der Waals surface area (Å²) in [5, 5.41) is 3.48. The summed E-state index contributed by atoms with van der Waals surface area (Å²) in [5.41, 5.74) is 0.269. The van der Waals surface area contributed by atoms with Crippen molar-refractivity contribution < 1.29 is 9.59 Å². The van der Waals surface area contributed by atoms with Gasteiger partial charge in [-0.3, -0.25) is 14.4 Å². The number of piperidine rings is 1. The number of rotatable bonds is 4. The molecule has 1 aliphatic carbocycles. The van der Waals surface area contributed by atoms with E-state index in [1.165, 1.54) is 0 Å². The molecule has 2 fully saturated rings. The molecule has 4 rings (SSSR count). The fourth-order valence-electron chi connectivity index (χ4n) is 4.10. The molecule has 1 aliphatic heterocycles. The lowest BCUT2D eigenvalue weighted by atomic mass is 9.92. The molecule has 2 aromatic rings. The fraction of sp³-hybridized carbons (Fsp3) is 0.500. The normalized spacial score (nSPS) is 20.5. The van der Waals surface area contributed by atoms with Crippen molar-refractivity contribution in [2.75, 3.05) is 33.7 Å². The van der Waals surface area contributed by atoms with Crippen molar-refractivity contribution in [2.24, 2.45) is 5.41 Å². The largest absolute Gasteiger partial charge is 0.346 e. The number of H-pyrrole nitrogens is 1. The molecule has 0 bridgehead atoms. The summed E-state index contributed by atoms with van der Waals surface area (Å²) in [6, 6.07) is 7.04. The molecule has 1 saturated carbocycles. The van der Waals surface area contributed by atoms with Crippen LogP contribution in [0.2, 0.25) is 0 Å². The molecule has 2 N–H and O–H groups in total. The highest BCUT2D eigenvalue weighted by atomic mass is 16.2. The maximum Gasteiger partial charge on any atom is 0.287 e. The van der Waals surface area contributed by atoms with Gasteiger partial charge in [0.25, 0.3) is 11.5 Å².